The molecular weight excluding hydrogens is 508 g/mol. The summed E-state index contributed by atoms with van der Waals surface area (Å²) in [4.78, 5) is 8.05. The lowest BCUT2D eigenvalue weighted by Gasteiger charge is -2.37. The van der Waals surface area contributed by atoms with Crippen molar-refractivity contribution < 1.29 is 21.6 Å². The van der Waals surface area contributed by atoms with E-state index in [1.54, 1.807) is 20.0 Å². The molecule has 1 aliphatic rings. The van der Waals surface area contributed by atoms with Crippen molar-refractivity contribution in [3.8, 4) is 0 Å². The molecule has 1 aromatic rings. The van der Waals surface area contributed by atoms with Crippen molar-refractivity contribution in [2.24, 2.45) is 4.99 Å². The average molecular weight is 534 g/mol. The third-order valence-corrected chi connectivity index (χ3v) is 6.17. The number of hydrogen-bond acceptors (Lipinski definition) is 4. The quantitative estimate of drug-likeness (QED) is 0.358. The fraction of sp³-hybridized carbons (Fsp3) is 0.588. The smallest absolute Gasteiger partial charge is 0.368 e. The van der Waals surface area contributed by atoms with Gasteiger partial charge in [0.15, 0.2) is 15.8 Å². The van der Waals surface area contributed by atoms with Crippen LogP contribution in [-0.4, -0.2) is 70.6 Å². The van der Waals surface area contributed by atoms with E-state index >= 15 is 0 Å². The van der Waals surface area contributed by atoms with E-state index in [0.717, 1.165) is 6.07 Å². The van der Waals surface area contributed by atoms with Crippen molar-refractivity contribution in [2.45, 2.75) is 13.1 Å². The molecule has 1 aliphatic heterocycles. The zero-order chi connectivity index (χ0) is 20.1. The van der Waals surface area contributed by atoms with Crippen LogP contribution in [0.15, 0.2) is 29.3 Å². The lowest BCUT2D eigenvalue weighted by molar-refractivity contribution is -0.137. The van der Waals surface area contributed by atoms with Gasteiger partial charge in [0.1, 0.15) is 0 Å². The van der Waals surface area contributed by atoms with Crippen LogP contribution in [0.3, 0.4) is 0 Å². The number of alkyl halides is 3. The van der Waals surface area contributed by atoms with E-state index in [-0.39, 0.29) is 42.0 Å². The van der Waals surface area contributed by atoms with Crippen molar-refractivity contribution in [3.63, 3.8) is 0 Å². The largest absolute Gasteiger partial charge is 0.416 e. The van der Waals surface area contributed by atoms with Crippen LogP contribution in [0.4, 0.5) is 18.9 Å². The highest BCUT2D eigenvalue weighted by atomic mass is 127. The summed E-state index contributed by atoms with van der Waals surface area (Å²) in [6.45, 7) is 4.14. The Kier molecular flexibility index (Phi) is 9.31. The number of guanidine groups is 1. The molecule has 11 heteroatoms. The average Bonchev–Trinajstić information content (AvgIpc) is 2.65. The Labute approximate surface area is 181 Å². The molecule has 2 rings (SSSR count). The monoisotopic (exact) mass is 534 g/mol. The van der Waals surface area contributed by atoms with Gasteiger partial charge in [-0.2, -0.15) is 13.2 Å². The summed E-state index contributed by atoms with van der Waals surface area (Å²) in [5, 5.41) is 3.04. The second-order valence-corrected chi connectivity index (χ2v) is 8.71. The molecule has 0 atom stereocenters. The lowest BCUT2D eigenvalue weighted by Crippen LogP contribution is -2.53. The normalized spacial score (nSPS) is 16.0. The third kappa shape index (κ3) is 6.98. The predicted molar refractivity (Wildman–Crippen MR) is 116 cm³/mol. The molecule has 1 aromatic carbocycles. The zero-order valence-electron chi connectivity index (χ0n) is 15.9. The summed E-state index contributed by atoms with van der Waals surface area (Å²) in [6, 6.07) is 5.32. The summed E-state index contributed by atoms with van der Waals surface area (Å²) in [7, 11) is -1.43. The van der Waals surface area contributed by atoms with Gasteiger partial charge >= 0.3 is 6.18 Å². The topological polar surface area (TPSA) is 65.0 Å². The molecule has 0 saturated carbocycles. The summed E-state index contributed by atoms with van der Waals surface area (Å²) in [5.74, 6) is 0.736. The molecule has 6 nitrogen and oxygen atoms in total. The van der Waals surface area contributed by atoms with E-state index in [1.165, 1.54) is 12.1 Å². The lowest BCUT2D eigenvalue weighted by atomic mass is 10.1. The highest BCUT2D eigenvalue weighted by Gasteiger charge is 2.31. The second kappa shape index (κ2) is 10.5. The Morgan fingerprint density at radius 2 is 1.86 bits per heavy atom. The van der Waals surface area contributed by atoms with Crippen molar-refractivity contribution in [1.82, 2.24) is 10.2 Å². The first kappa shape index (κ1) is 24.8. The number of piperazine rings is 1. The number of halogens is 4. The van der Waals surface area contributed by atoms with Crippen LogP contribution >= 0.6 is 24.0 Å². The standard InChI is InChI=1S/C17H25F3N4O2S.HI/c1-3-27(25,26)12-7-22-16(21-2)24-10-8-23(9-11-24)15-6-4-5-14(13-15)17(18,19)20;/h4-6,13H,3,7-12H2,1-2H3,(H,21,22);1H. The molecule has 0 radical (unpaired) electrons. The van der Waals surface area contributed by atoms with E-state index in [0.29, 0.717) is 37.8 Å². The number of sulfone groups is 1. The summed E-state index contributed by atoms with van der Waals surface area (Å²) in [5.41, 5.74) is -0.112. The molecule has 1 fully saturated rings. The molecule has 160 valence electrons. The molecule has 0 amide bonds. The van der Waals surface area contributed by atoms with Gasteiger partial charge in [0, 0.05) is 51.2 Å². The highest BCUT2D eigenvalue weighted by molar-refractivity contribution is 14.0. The molecule has 0 aliphatic carbocycles. The van der Waals surface area contributed by atoms with Gasteiger partial charge in [0.2, 0.25) is 0 Å². The van der Waals surface area contributed by atoms with Gasteiger partial charge in [-0.05, 0) is 18.2 Å². The van der Waals surface area contributed by atoms with Crippen molar-refractivity contribution >= 4 is 45.5 Å². The maximum absolute atomic E-state index is 12.9. The number of benzene rings is 1. The van der Waals surface area contributed by atoms with Gasteiger partial charge in [-0.1, -0.05) is 13.0 Å². The molecule has 1 saturated heterocycles. The van der Waals surface area contributed by atoms with Gasteiger partial charge in [-0.15, -0.1) is 24.0 Å². The Morgan fingerprint density at radius 3 is 2.39 bits per heavy atom. The minimum atomic E-state index is -4.36. The maximum Gasteiger partial charge on any atom is 0.416 e. The van der Waals surface area contributed by atoms with Gasteiger partial charge in [0.25, 0.3) is 0 Å². The molecule has 0 bridgehead atoms. The van der Waals surface area contributed by atoms with Crippen LogP contribution in [0.25, 0.3) is 0 Å². The molecule has 0 spiro atoms. The first-order valence-electron chi connectivity index (χ1n) is 8.74. The number of hydrogen-bond donors (Lipinski definition) is 1. The Balaban J connectivity index is 0.00000392. The molecular formula is C17H26F3IN4O2S. The molecule has 0 aromatic heterocycles. The van der Waals surface area contributed by atoms with Crippen LogP contribution in [0, 0.1) is 0 Å². The van der Waals surface area contributed by atoms with Crippen LogP contribution in [-0.2, 0) is 16.0 Å². The number of rotatable bonds is 5. The third-order valence-electron chi connectivity index (χ3n) is 4.47. The maximum atomic E-state index is 12.9. The molecule has 1 heterocycles. The number of nitrogens with one attached hydrogen (secondary N) is 1. The second-order valence-electron chi connectivity index (χ2n) is 6.23. The van der Waals surface area contributed by atoms with E-state index in [2.05, 4.69) is 10.3 Å². The van der Waals surface area contributed by atoms with Gasteiger partial charge in [-0.25, -0.2) is 8.42 Å². The van der Waals surface area contributed by atoms with Crippen molar-refractivity contribution in [1.29, 1.82) is 0 Å². The SMILES string of the molecule is CCS(=O)(=O)CCNC(=NC)N1CCN(c2cccc(C(F)(F)F)c2)CC1.I. The number of anilines is 1. The number of nitrogens with zero attached hydrogens (tertiary/aromatic N) is 3. The van der Waals surface area contributed by atoms with Crippen LogP contribution in [0.5, 0.6) is 0 Å². The molecule has 0 unspecified atom stereocenters. The first-order valence-corrected chi connectivity index (χ1v) is 10.6. The van der Waals surface area contributed by atoms with E-state index in [1.807, 2.05) is 9.80 Å². The van der Waals surface area contributed by atoms with Gasteiger partial charge < -0.3 is 15.1 Å². The molecule has 28 heavy (non-hydrogen) atoms. The minimum absolute atomic E-state index is 0. The van der Waals surface area contributed by atoms with Crippen LogP contribution in [0.1, 0.15) is 12.5 Å². The predicted octanol–water partition coefficient (Wildman–Crippen LogP) is 2.46. The van der Waals surface area contributed by atoms with E-state index in [4.69, 9.17) is 0 Å². The fourth-order valence-electron chi connectivity index (χ4n) is 2.85. The summed E-state index contributed by atoms with van der Waals surface area (Å²) >= 11 is 0. The van der Waals surface area contributed by atoms with E-state index in [9.17, 15) is 21.6 Å². The fourth-order valence-corrected chi connectivity index (χ4v) is 3.55. The molecule has 1 N–H and O–H groups in total. The van der Waals surface area contributed by atoms with Crippen molar-refractivity contribution in [2.75, 3.05) is 56.2 Å². The minimum Gasteiger partial charge on any atom is -0.368 e. The summed E-state index contributed by atoms with van der Waals surface area (Å²) < 4.78 is 61.8. The Hall–Kier alpha value is -1.24. The van der Waals surface area contributed by atoms with Crippen LogP contribution < -0.4 is 10.2 Å². The summed E-state index contributed by atoms with van der Waals surface area (Å²) in [6.07, 6.45) is -4.36. The Bertz CT molecular complexity index is 764. The van der Waals surface area contributed by atoms with Crippen molar-refractivity contribution in [3.05, 3.63) is 29.8 Å². The van der Waals surface area contributed by atoms with E-state index < -0.39 is 21.6 Å². The first-order chi connectivity index (χ1) is 12.7. The number of aliphatic imine (C=N–C) groups is 1. The highest BCUT2D eigenvalue weighted by Crippen LogP contribution is 2.31. The van der Waals surface area contributed by atoms with Gasteiger partial charge in [0.05, 0.1) is 11.3 Å². The van der Waals surface area contributed by atoms with Crippen LogP contribution in [0.2, 0.25) is 0 Å². The van der Waals surface area contributed by atoms with Gasteiger partial charge in [-0.3, -0.25) is 4.99 Å². The Morgan fingerprint density at radius 1 is 1.21 bits per heavy atom. The zero-order valence-corrected chi connectivity index (χ0v) is 19.0.